The monoisotopic (exact) mass is 251 g/mol. The molecule has 1 amide bonds. The van der Waals surface area contributed by atoms with E-state index >= 15 is 0 Å². The summed E-state index contributed by atoms with van der Waals surface area (Å²) < 4.78 is 5.28. The van der Waals surface area contributed by atoms with E-state index in [0.29, 0.717) is 0 Å². The van der Waals surface area contributed by atoms with Crippen LogP contribution in [0.2, 0.25) is 0 Å². The summed E-state index contributed by atoms with van der Waals surface area (Å²) in [5, 5.41) is 9.45. The lowest BCUT2D eigenvalue weighted by atomic mass is 10.1. The van der Waals surface area contributed by atoms with E-state index < -0.39 is 11.7 Å². The lowest BCUT2D eigenvalue weighted by molar-refractivity contribution is 0.0159. The van der Waals surface area contributed by atoms with Crippen molar-refractivity contribution in [1.82, 2.24) is 4.90 Å². The van der Waals surface area contributed by atoms with Gasteiger partial charge in [-0.05, 0) is 26.3 Å². The molecule has 0 unspecified atom stereocenters. The smallest absolute Gasteiger partial charge is 0.410 e. The molecular weight excluding hydrogens is 230 g/mol. The lowest BCUT2D eigenvalue weighted by Gasteiger charge is -2.30. The van der Waals surface area contributed by atoms with E-state index in [1.165, 1.54) is 4.90 Å². The highest BCUT2D eigenvalue weighted by Gasteiger charge is 2.25. The molecule has 0 heterocycles. The Balaban J connectivity index is 2.80. The third-order valence-electron chi connectivity index (χ3n) is 2.51. The first kappa shape index (κ1) is 14.5. The third kappa shape index (κ3) is 4.04. The first-order valence-corrected chi connectivity index (χ1v) is 5.97. The SMILES string of the molecule is CN(C(=O)OC(C)(C)C)[C@@H](CO)c1ccccc1. The van der Waals surface area contributed by atoms with Crippen LogP contribution in [0.4, 0.5) is 4.79 Å². The maximum atomic E-state index is 11.9. The minimum absolute atomic E-state index is 0.139. The number of rotatable bonds is 3. The minimum atomic E-state index is -0.540. The Labute approximate surface area is 108 Å². The first-order valence-electron chi connectivity index (χ1n) is 5.97. The molecule has 0 bridgehead atoms. The molecule has 1 aromatic rings. The highest BCUT2D eigenvalue weighted by Crippen LogP contribution is 2.20. The molecule has 18 heavy (non-hydrogen) atoms. The molecule has 0 saturated carbocycles. The Morgan fingerprint density at radius 1 is 1.33 bits per heavy atom. The highest BCUT2D eigenvalue weighted by molar-refractivity contribution is 5.68. The number of nitrogens with zero attached hydrogens (tertiary/aromatic N) is 1. The van der Waals surface area contributed by atoms with Gasteiger partial charge in [-0.1, -0.05) is 30.3 Å². The van der Waals surface area contributed by atoms with Gasteiger partial charge in [0, 0.05) is 7.05 Å². The number of aliphatic hydroxyl groups excluding tert-OH is 1. The van der Waals surface area contributed by atoms with E-state index in [1.807, 2.05) is 51.1 Å². The van der Waals surface area contributed by atoms with Crippen molar-refractivity contribution in [3.05, 3.63) is 35.9 Å². The zero-order valence-electron chi connectivity index (χ0n) is 11.4. The van der Waals surface area contributed by atoms with Crippen molar-refractivity contribution in [2.75, 3.05) is 13.7 Å². The largest absolute Gasteiger partial charge is 0.444 e. The van der Waals surface area contributed by atoms with Crippen LogP contribution in [0, 0.1) is 0 Å². The number of amides is 1. The number of carbonyl (C=O) groups excluding carboxylic acids is 1. The van der Waals surface area contributed by atoms with E-state index in [2.05, 4.69) is 0 Å². The van der Waals surface area contributed by atoms with Crippen molar-refractivity contribution < 1.29 is 14.6 Å². The fourth-order valence-electron chi connectivity index (χ4n) is 1.59. The van der Waals surface area contributed by atoms with Gasteiger partial charge in [0.05, 0.1) is 12.6 Å². The van der Waals surface area contributed by atoms with Gasteiger partial charge in [-0.15, -0.1) is 0 Å². The van der Waals surface area contributed by atoms with Crippen molar-refractivity contribution in [3.8, 4) is 0 Å². The van der Waals surface area contributed by atoms with Gasteiger partial charge >= 0.3 is 6.09 Å². The minimum Gasteiger partial charge on any atom is -0.444 e. The van der Waals surface area contributed by atoms with E-state index in [0.717, 1.165) is 5.56 Å². The fraction of sp³-hybridized carbons (Fsp3) is 0.500. The van der Waals surface area contributed by atoms with Crippen LogP contribution >= 0.6 is 0 Å². The maximum Gasteiger partial charge on any atom is 0.410 e. The van der Waals surface area contributed by atoms with Gasteiger partial charge in [-0.25, -0.2) is 4.79 Å². The number of ether oxygens (including phenoxy) is 1. The molecule has 1 N–H and O–H groups in total. The molecule has 1 aromatic carbocycles. The van der Waals surface area contributed by atoms with Crippen LogP contribution in [0.25, 0.3) is 0 Å². The van der Waals surface area contributed by atoms with Crippen molar-refractivity contribution >= 4 is 6.09 Å². The molecule has 0 aliphatic rings. The van der Waals surface area contributed by atoms with E-state index in [4.69, 9.17) is 4.74 Å². The van der Waals surface area contributed by atoms with E-state index in [-0.39, 0.29) is 12.6 Å². The second-order valence-corrected chi connectivity index (χ2v) is 5.20. The molecule has 0 aliphatic carbocycles. The molecule has 1 rings (SSSR count). The Hall–Kier alpha value is -1.55. The summed E-state index contributed by atoms with van der Waals surface area (Å²) in [4.78, 5) is 13.3. The highest BCUT2D eigenvalue weighted by atomic mass is 16.6. The number of aliphatic hydroxyl groups is 1. The van der Waals surface area contributed by atoms with Crippen LogP contribution in [0.3, 0.4) is 0 Å². The fourth-order valence-corrected chi connectivity index (χ4v) is 1.59. The van der Waals surface area contributed by atoms with Crippen LogP contribution in [-0.2, 0) is 4.74 Å². The van der Waals surface area contributed by atoms with E-state index in [9.17, 15) is 9.90 Å². The van der Waals surface area contributed by atoms with E-state index in [1.54, 1.807) is 7.05 Å². The third-order valence-corrected chi connectivity index (χ3v) is 2.51. The molecule has 0 aromatic heterocycles. The average Bonchev–Trinajstić information content (AvgIpc) is 2.29. The molecule has 4 heteroatoms. The Bertz CT molecular complexity index is 384. The summed E-state index contributed by atoms with van der Waals surface area (Å²) >= 11 is 0. The van der Waals surface area contributed by atoms with Crippen LogP contribution in [-0.4, -0.2) is 35.4 Å². The number of benzene rings is 1. The van der Waals surface area contributed by atoms with Gasteiger partial charge in [0.15, 0.2) is 0 Å². The molecule has 4 nitrogen and oxygen atoms in total. The van der Waals surface area contributed by atoms with Gasteiger partial charge in [-0.3, -0.25) is 0 Å². The van der Waals surface area contributed by atoms with Gasteiger partial charge in [0.2, 0.25) is 0 Å². The summed E-state index contributed by atoms with van der Waals surface area (Å²) in [6.07, 6.45) is -0.439. The van der Waals surface area contributed by atoms with Crippen LogP contribution < -0.4 is 0 Å². The van der Waals surface area contributed by atoms with Crippen molar-refractivity contribution in [1.29, 1.82) is 0 Å². The zero-order chi connectivity index (χ0) is 13.8. The summed E-state index contributed by atoms with van der Waals surface area (Å²) in [6, 6.07) is 9.01. The number of hydrogen-bond donors (Lipinski definition) is 1. The number of carbonyl (C=O) groups is 1. The zero-order valence-corrected chi connectivity index (χ0v) is 11.4. The van der Waals surface area contributed by atoms with Gasteiger partial charge in [-0.2, -0.15) is 0 Å². The summed E-state index contributed by atoms with van der Waals surface area (Å²) in [6.45, 7) is 5.30. The van der Waals surface area contributed by atoms with Crippen molar-refractivity contribution in [3.63, 3.8) is 0 Å². The predicted octanol–water partition coefficient (Wildman–Crippen LogP) is 2.59. The quantitative estimate of drug-likeness (QED) is 0.898. The van der Waals surface area contributed by atoms with Crippen LogP contribution in [0.5, 0.6) is 0 Å². The Morgan fingerprint density at radius 3 is 2.33 bits per heavy atom. The average molecular weight is 251 g/mol. The predicted molar refractivity (Wildman–Crippen MR) is 70.3 cm³/mol. The number of likely N-dealkylation sites (N-methyl/N-ethyl adjacent to an activating group) is 1. The number of hydrogen-bond acceptors (Lipinski definition) is 3. The van der Waals surface area contributed by atoms with Crippen molar-refractivity contribution in [2.24, 2.45) is 0 Å². The topological polar surface area (TPSA) is 49.8 Å². The second kappa shape index (κ2) is 5.87. The Kier molecular flexibility index (Phi) is 4.73. The molecule has 0 spiro atoms. The molecule has 100 valence electrons. The second-order valence-electron chi connectivity index (χ2n) is 5.20. The van der Waals surface area contributed by atoms with Gasteiger partial charge < -0.3 is 14.7 Å². The summed E-state index contributed by atoms with van der Waals surface area (Å²) in [5.74, 6) is 0. The van der Waals surface area contributed by atoms with Gasteiger partial charge in [0.1, 0.15) is 5.60 Å². The van der Waals surface area contributed by atoms with Gasteiger partial charge in [0.25, 0.3) is 0 Å². The van der Waals surface area contributed by atoms with Crippen LogP contribution in [0.15, 0.2) is 30.3 Å². The maximum absolute atomic E-state index is 11.9. The summed E-state index contributed by atoms with van der Waals surface area (Å²) in [5.41, 5.74) is 0.343. The standard InChI is InChI=1S/C14H21NO3/c1-14(2,3)18-13(17)15(4)12(10-16)11-8-6-5-7-9-11/h5-9,12,16H,10H2,1-4H3/t12-/m0/s1. The normalized spacial score (nSPS) is 12.9. The van der Waals surface area contributed by atoms with Crippen molar-refractivity contribution in [2.45, 2.75) is 32.4 Å². The molecule has 0 aliphatic heterocycles. The molecule has 1 atom stereocenters. The van der Waals surface area contributed by atoms with Crippen LogP contribution in [0.1, 0.15) is 32.4 Å². The molecular formula is C14H21NO3. The molecule has 0 saturated heterocycles. The summed E-state index contributed by atoms with van der Waals surface area (Å²) in [7, 11) is 1.63. The lowest BCUT2D eigenvalue weighted by Crippen LogP contribution is -2.37. The molecule has 0 radical (unpaired) electrons. The molecule has 0 fully saturated rings. The first-order chi connectivity index (χ1) is 8.35. The Morgan fingerprint density at radius 2 is 1.89 bits per heavy atom.